The van der Waals surface area contributed by atoms with Gasteiger partial charge in [0.15, 0.2) is 0 Å². The summed E-state index contributed by atoms with van der Waals surface area (Å²) in [7, 11) is 0. The summed E-state index contributed by atoms with van der Waals surface area (Å²) in [4.78, 5) is 4.10. The summed E-state index contributed by atoms with van der Waals surface area (Å²) in [6.07, 6.45) is 4.11. The molecule has 0 atom stereocenters. The fraction of sp³-hybridized carbons (Fsp3) is 0.529. The average molecular weight is 316 g/mol. The van der Waals surface area contributed by atoms with Gasteiger partial charge in [-0.3, -0.25) is 4.68 Å². The maximum Gasteiger partial charge on any atom is 0.224 e. The molecule has 1 aliphatic heterocycles. The number of hydrogen-bond donors (Lipinski definition) is 1. The highest BCUT2D eigenvalue weighted by molar-refractivity contribution is 5.65. The summed E-state index contributed by atoms with van der Waals surface area (Å²) in [5.74, 6) is 0.431. The Morgan fingerprint density at radius 3 is 2.65 bits per heavy atom. The smallest absolute Gasteiger partial charge is 0.224 e. The molecule has 2 aliphatic rings. The lowest BCUT2D eigenvalue weighted by atomic mass is 9.99. The summed E-state index contributed by atoms with van der Waals surface area (Å²) < 4.78 is 21.8. The first-order valence-corrected chi connectivity index (χ1v) is 8.22. The molecule has 0 unspecified atom stereocenters. The summed E-state index contributed by atoms with van der Waals surface area (Å²) in [5, 5.41) is 7.72. The van der Waals surface area contributed by atoms with E-state index < -0.39 is 5.95 Å². The van der Waals surface area contributed by atoms with Crippen molar-refractivity contribution in [1.82, 2.24) is 14.8 Å². The molecule has 1 saturated carbocycles. The molecular formula is C17H21FN4O. The van der Waals surface area contributed by atoms with Gasteiger partial charge in [0.2, 0.25) is 5.95 Å². The predicted octanol–water partition coefficient (Wildman–Crippen LogP) is 3.35. The van der Waals surface area contributed by atoms with E-state index in [9.17, 15) is 4.39 Å². The van der Waals surface area contributed by atoms with Crippen molar-refractivity contribution >= 4 is 5.82 Å². The Morgan fingerprint density at radius 2 is 2.09 bits per heavy atom. The van der Waals surface area contributed by atoms with Gasteiger partial charge in [0.25, 0.3) is 0 Å². The van der Waals surface area contributed by atoms with E-state index >= 15 is 0 Å². The second kappa shape index (κ2) is 5.60. The van der Waals surface area contributed by atoms with Gasteiger partial charge in [0.1, 0.15) is 5.82 Å². The number of rotatable bonds is 5. The van der Waals surface area contributed by atoms with Crippen LogP contribution in [0.25, 0.3) is 11.3 Å². The summed E-state index contributed by atoms with van der Waals surface area (Å²) in [5.41, 5.74) is 2.39. The first-order valence-electron chi connectivity index (χ1n) is 8.22. The minimum atomic E-state index is -0.445. The second-order valence-corrected chi connectivity index (χ2v) is 6.69. The predicted molar refractivity (Wildman–Crippen MR) is 86.0 cm³/mol. The highest BCUT2D eigenvalue weighted by Crippen LogP contribution is 2.35. The lowest BCUT2D eigenvalue weighted by molar-refractivity contribution is -0.0279. The molecule has 0 aromatic carbocycles. The van der Waals surface area contributed by atoms with Crippen LogP contribution >= 0.6 is 0 Å². The highest BCUT2D eigenvalue weighted by atomic mass is 19.1. The molecule has 0 spiro atoms. The van der Waals surface area contributed by atoms with Crippen LogP contribution in [0.4, 0.5) is 10.2 Å². The molecule has 6 heteroatoms. The van der Waals surface area contributed by atoms with Gasteiger partial charge >= 0.3 is 0 Å². The maximum absolute atomic E-state index is 14.7. The largest absolute Gasteiger partial charge is 0.377 e. The van der Waals surface area contributed by atoms with E-state index in [4.69, 9.17) is 4.74 Å². The standard InChI is InChI=1S/C17H21FN4O/c1-10(2)14-7-19-22(12-8-23-9-12)16(14)13-5-6-15(21-17(13)18)20-11-3-4-11/h5-7,10-12H,3-4,8-9H2,1-2H3,(H,20,21). The molecule has 0 radical (unpaired) electrons. The molecule has 0 amide bonds. The Balaban J connectivity index is 1.74. The van der Waals surface area contributed by atoms with E-state index in [0.717, 1.165) is 24.1 Å². The van der Waals surface area contributed by atoms with Gasteiger partial charge in [-0.15, -0.1) is 0 Å². The van der Waals surface area contributed by atoms with Crippen LogP contribution in [0, 0.1) is 5.95 Å². The van der Waals surface area contributed by atoms with Crippen LogP contribution in [0.2, 0.25) is 0 Å². The number of halogens is 1. The van der Waals surface area contributed by atoms with Crippen molar-refractivity contribution in [1.29, 1.82) is 0 Å². The normalized spacial score (nSPS) is 18.3. The average Bonchev–Trinajstić information content (AvgIpc) is 3.15. The van der Waals surface area contributed by atoms with Gasteiger partial charge in [-0.2, -0.15) is 9.49 Å². The third kappa shape index (κ3) is 2.72. The first-order chi connectivity index (χ1) is 11.1. The van der Waals surface area contributed by atoms with E-state index in [-0.39, 0.29) is 12.0 Å². The number of ether oxygens (including phenoxy) is 1. The van der Waals surface area contributed by atoms with Gasteiger partial charge < -0.3 is 10.1 Å². The Labute approximate surface area is 134 Å². The molecule has 4 rings (SSSR count). The fourth-order valence-electron chi connectivity index (χ4n) is 2.85. The van der Waals surface area contributed by atoms with Gasteiger partial charge in [-0.25, -0.2) is 4.98 Å². The number of aromatic nitrogens is 3. The van der Waals surface area contributed by atoms with E-state index in [0.29, 0.717) is 30.6 Å². The van der Waals surface area contributed by atoms with Crippen LogP contribution < -0.4 is 5.32 Å². The Hall–Kier alpha value is -1.95. The lowest BCUT2D eigenvalue weighted by Gasteiger charge is -2.28. The van der Waals surface area contributed by atoms with Crippen molar-refractivity contribution in [3.8, 4) is 11.3 Å². The molecule has 122 valence electrons. The SMILES string of the molecule is CC(C)c1cnn(C2COC2)c1-c1ccc(NC2CC2)nc1F. The van der Waals surface area contributed by atoms with Crippen LogP contribution in [0.3, 0.4) is 0 Å². The minimum absolute atomic E-state index is 0.182. The zero-order chi connectivity index (χ0) is 16.0. The monoisotopic (exact) mass is 316 g/mol. The number of nitrogens with one attached hydrogen (secondary N) is 1. The molecule has 1 saturated heterocycles. The topological polar surface area (TPSA) is 52.0 Å². The van der Waals surface area contributed by atoms with Crippen LogP contribution in [0.1, 0.15) is 44.2 Å². The van der Waals surface area contributed by atoms with Crippen LogP contribution in [0.5, 0.6) is 0 Å². The Bertz CT molecular complexity index is 719. The zero-order valence-corrected chi connectivity index (χ0v) is 13.4. The number of anilines is 1. The molecule has 1 N–H and O–H groups in total. The molecule has 0 bridgehead atoms. The van der Waals surface area contributed by atoms with Crippen molar-refractivity contribution in [2.45, 2.75) is 44.7 Å². The Kier molecular flexibility index (Phi) is 3.56. The van der Waals surface area contributed by atoms with E-state index in [1.807, 2.05) is 23.0 Å². The van der Waals surface area contributed by atoms with Crippen molar-refractivity contribution in [2.24, 2.45) is 0 Å². The molecule has 5 nitrogen and oxygen atoms in total. The lowest BCUT2D eigenvalue weighted by Crippen LogP contribution is -2.32. The van der Waals surface area contributed by atoms with Crippen LogP contribution in [0.15, 0.2) is 18.3 Å². The number of nitrogens with zero attached hydrogens (tertiary/aromatic N) is 3. The quantitative estimate of drug-likeness (QED) is 0.860. The Morgan fingerprint density at radius 1 is 1.30 bits per heavy atom. The number of hydrogen-bond acceptors (Lipinski definition) is 4. The summed E-state index contributed by atoms with van der Waals surface area (Å²) in [6.45, 7) is 5.44. The van der Waals surface area contributed by atoms with Gasteiger partial charge in [-0.1, -0.05) is 13.8 Å². The number of pyridine rings is 1. The van der Waals surface area contributed by atoms with E-state index in [1.54, 1.807) is 0 Å². The first kappa shape index (κ1) is 14.6. The van der Waals surface area contributed by atoms with Crippen molar-refractivity contribution in [3.05, 3.63) is 29.8 Å². The molecule has 3 heterocycles. The highest BCUT2D eigenvalue weighted by Gasteiger charge is 2.28. The molecule has 1 aliphatic carbocycles. The molecule has 2 aromatic heterocycles. The molecule has 2 aromatic rings. The molecular weight excluding hydrogens is 295 g/mol. The third-order valence-corrected chi connectivity index (χ3v) is 4.45. The van der Waals surface area contributed by atoms with Crippen LogP contribution in [-0.4, -0.2) is 34.0 Å². The van der Waals surface area contributed by atoms with Crippen molar-refractivity contribution in [3.63, 3.8) is 0 Å². The van der Waals surface area contributed by atoms with Gasteiger partial charge in [-0.05, 0) is 30.9 Å². The third-order valence-electron chi connectivity index (χ3n) is 4.45. The van der Waals surface area contributed by atoms with Crippen molar-refractivity contribution in [2.75, 3.05) is 18.5 Å². The second-order valence-electron chi connectivity index (χ2n) is 6.69. The zero-order valence-electron chi connectivity index (χ0n) is 13.4. The van der Waals surface area contributed by atoms with Crippen molar-refractivity contribution < 1.29 is 9.13 Å². The summed E-state index contributed by atoms with van der Waals surface area (Å²) >= 11 is 0. The van der Waals surface area contributed by atoms with Gasteiger partial charge in [0, 0.05) is 11.6 Å². The van der Waals surface area contributed by atoms with E-state index in [2.05, 4.69) is 29.2 Å². The molecule has 23 heavy (non-hydrogen) atoms. The van der Waals surface area contributed by atoms with Crippen LogP contribution in [-0.2, 0) is 4.74 Å². The van der Waals surface area contributed by atoms with Gasteiger partial charge in [0.05, 0.1) is 36.7 Å². The maximum atomic E-state index is 14.7. The minimum Gasteiger partial charge on any atom is -0.377 e. The molecule has 2 fully saturated rings. The summed E-state index contributed by atoms with van der Waals surface area (Å²) in [6, 6.07) is 4.30. The fourth-order valence-corrected chi connectivity index (χ4v) is 2.85. The van der Waals surface area contributed by atoms with E-state index in [1.165, 1.54) is 0 Å².